The molecule has 0 saturated carbocycles. The summed E-state index contributed by atoms with van der Waals surface area (Å²) in [6, 6.07) is 5.77. The van der Waals surface area contributed by atoms with Crippen LogP contribution in [0.15, 0.2) is 24.3 Å². The normalized spacial score (nSPS) is 19.9. The molecule has 1 aliphatic carbocycles. The Kier molecular flexibility index (Phi) is 4.26. The van der Waals surface area contributed by atoms with Crippen molar-refractivity contribution in [3.8, 4) is 11.5 Å². The summed E-state index contributed by atoms with van der Waals surface area (Å²) >= 11 is 0. The Bertz CT molecular complexity index is 437. The summed E-state index contributed by atoms with van der Waals surface area (Å²) in [6.45, 7) is 0. The Morgan fingerprint density at radius 1 is 1.17 bits per heavy atom. The molecule has 0 bridgehead atoms. The van der Waals surface area contributed by atoms with E-state index in [9.17, 15) is 5.11 Å². The van der Waals surface area contributed by atoms with Crippen LogP contribution in [0.25, 0.3) is 5.57 Å². The number of aliphatic hydroxyl groups is 1. The van der Waals surface area contributed by atoms with Crippen LogP contribution in [0.1, 0.15) is 31.2 Å². The van der Waals surface area contributed by atoms with E-state index >= 15 is 0 Å². The lowest BCUT2D eigenvalue weighted by atomic mass is 10.00. The number of benzene rings is 1. The van der Waals surface area contributed by atoms with Gasteiger partial charge in [0, 0.05) is 5.56 Å². The van der Waals surface area contributed by atoms with E-state index < -0.39 is 0 Å². The number of rotatable bonds is 3. The third kappa shape index (κ3) is 2.85. The van der Waals surface area contributed by atoms with Crippen molar-refractivity contribution in [2.75, 3.05) is 14.2 Å². The van der Waals surface area contributed by atoms with E-state index in [0.29, 0.717) is 0 Å². The zero-order valence-electron chi connectivity index (χ0n) is 11.0. The molecule has 1 aromatic rings. The van der Waals surface area contributed by atoms with E-state index in [1.807, 2.05) is 24.3 Å². The maximum atomic E-state index is 9.86. The molecule has 3 heteroatoms. The first-order chi connectivity index (χ1) is 8.74. The molecular weight excluding hydrogens is 228 g/mol. The highest BCUT2D eigenvalue weighted by molar-refractivity contribution is 5.72. The predicted octanol–water partition coefficient (Wildman–Crippen LogP) is 3.02. The van der Waals surface area contributed by atoms with Gasteiger partial charge in [0.05, 0.1) is 20.3 Å². The van der Waals surface area contributed by atoms with Crippen LogP contribution in [-0.2, 0) is 0 Å². The van der Waals surface area contributed by atoms with Gasteiger partial charge in [-0.15, -0.1) is 0 Å². The van der Waals surface area contributed by atoms with Gasteiger partial charge < -0.3 is 14.6 Å². The van der Waals surface area contributed by atoms with E-state index in [4.69, 9.17) is 9.47 Å². The Morgan fingerprint density at radius 2 is 2.00 bits per heavy atom. The first-order valence-corrected chi connectivity index (χ1v) is 6.35. The highest BCUT2D eigenvalue weighted by atomic mass is 16.5. The third-order valence-corrected chi connectivity index (χ3v) is 3.34. The molecule has 3 nitrogen and oxygen atoms in total. The lowest BCUT2D eigenvalue weighted by Crippen LogP contribution is -2.00. The van der Waals surface area contributed by atoms with Crippen molar-refractivity contribution in [2.24, 2.45) is 0 Å². The molecule has 1 aliphatic rings. The maximum Gasteiger partial charge on any atom is 0.126 e. The number of aliphatic hydroxyl groups excluding tert-OH is 1. The van der Waals surface area contributed by atoms with Crippen LogP contribution in [0.5, 0.6) is 11.5 Å². The van der Waals surface area contributed by atoms with E-state index in [0.717, 1.165) is 48.3 Å². The summed E-state index contributed by atoms with van der Waals surface area (Å²) in [6.07, 6.45) is 5.58. The second-order valence-electron chi connectivity index (χ2n) is 4.57. The summed E-state index contributed by atoms with van der Waals surface area (Å²) in [5.41, 5.74) is 2.17. The Hall–Kier alpha value is -1.48. The lowest BCUT2D eigenvalue weighted by Gasteiger charge is -2.13. The van der Waals surface area contributed by atoms with Crippen molar-refractivity contribution >= 4 is 5.57 Å². The quantitative estimate of drug-likeness (QED) is 0.893. The minimum absolute atomic E-state index is 0.349. The SMILES string of the molecule is COc1ccc(OC)c(C2=CC(O)CCCC2)c1. The number of hydrogen-bond acceptors (Lipinski definition) is 3. The smallest absolute Gasteiger partial charge is 0.126 e. The second kappa shape index (κ2) is 5.91. The summed E-state index contributed by atoms with van der Waals surface area (Å²) in [4.78, 5) is 0. The molecule has 0 amide bonds. The van der Waals surface area contributed by atoms with Gasteiger partial charge in [0.15, 0.2) is 0 Å². The van der Waals surface area contributed by atoms with E-state index in [1.165, 1.54) is 0 Å². The molecule has 0 spiro atoms. The van der Waals surface area contributed by atoms with Crippen LogP contribution in [-0.4, -0.2) is 25.4 Å². The van der Waals surface area contributed by atoms with Crippen molar-refractivity contribution < 1.29 is 14.6 Å². The van der Waals surface area contributed by atoms with E-state index in [2.05, 4.69) is 0 Å². The molecule has 98 valence electrons. The van der Waals surface area contributed by atoms with Crippen LogP contribution < -0.4 is 9.47 Å². The van der Waals surface area contributed by atoms with Gasteiger partial charge in [-0.25, -0.2) is 0 Å². The molecule has 1 N–H and O–H groups in total. The number of ether oxygens (including phenoxy) is 2. The molecule has 0 aliphatic heterocycles. The zero-order valence-corrected chi connectivity index (χ0v) is 11.0. The number of hydrogen-bond donors (Lipinski definition) is 1. The second-order valence-corrected chi connectivity index (χ2v) is 4.57. The van der Waals surface area contributed by atoms with Gasteiger partial charge in [-0.3, -0.25) is 0 Å². The molecule has 2 rings (SSSR count). The largest absolute Gasteiger partial charge is 0.497 e. The van der Waals surface area contributed by atoms with Crippen LogP contribution in [0.4, 0.5) is 0 Å². The van der Waals surface area contributed by atoms with Gasteiger partial charge >= 0.3 is 0 Å². The molecule has 0 aromatic heterocycles. The van der Waals surface area contributed by atoms with Crippen molar-refractivity contribution in [3.63, 3.8) is 0 Å². The molecule has 1 aromatic carbocycles. The Labute approximate surface area is 108 Å². The Morgan fingerprint density at radius 3 is 2.72 bits per heavy atom. The fourth-order valence-electron chi connectivity index (χ4n) is 2.36. The Balaban J connectivity index is 2.40. The standard InChI is InChI=1S/C15H20O3/c1-17-13-7-8-15(18-2)14(10-13)11-5-3-4-6-12(16)9-11/h7-10,12,16H,3-6H2,1-2H3. The van der Waals surface area contributed by atoms with Gasteiger partial charge in [-0.2, -0.15) is 0 Å². The minimum atomic E-state index is -0.349. The highest BCUT2D eigenvalue weighted by Gasteiger charge is 2.15. The van der Waals surface area contributed by atoms with E-state index in [-0.39, 0.29) is 6.10 Å². The lowest BCUT2D eigenvalue weighted by molar-refractivity contribution is 0.211. The molecule has 1 unspecified atom stereocenters. The number of methoxy groups -OCH3 is 2. The van der Waals surface area contributed by atoms with Crippen molar-refractivity contribution in [1.29, 1.82) is 0 Å². The first kappa shape index (κ1) is 13.0. The predicted molar refractivity (Wildman–Crippen MR) is 72.0 cm³/mol. The fourth-order valence-corrected chi connectivity index (χ4v) is 2.36. The topological polar surface area (TPSA) is 38.7 Å². The summed E-state index contributed by atoms with van der Waals surface area (Å²) < 4.78 is 10.7. The van der Waals surface area contributed by atoms with Crippen LogP contribution in [0.2, 0.25) is 0 Å². The van der Waals surface area contributed by atoms with Gasteiger partial charge in [0.1, 0.15) is 11.5 Å². The molecule has 0 radical (unpaired) electrons. The van der Waals surface area contributed by atoms with Crippen LogP contribution >= 0.6 is 0 Å². The monoisotopic (exact) mass is 248 g/mol. The zero-order chi connectivity index (χ0) is 13.0. The molecule has 0 heterocycles. The van der Waals surface area contributed by atoms with Gasteiger partial charge in [-0.05, 0) is 43.0 Å². The molecule has 1 atom stereocenters. The summed E-state index contributed by atoms with van der Waals surface area (Å²) in [5, 5.41) is 9.86. The summed E-state index contributed by atoms with van der Waals surface area (Å²) in [7, 11) is 3.32. The first-order valence-electron chi connectivity index (χ1n) is 6.35. The number of allylic oxidation sites excluding steroid dienone is 1. The van der Waals surface area contributed by atoms with E-state index in [1.54, 1.807) is 14.2 Å². The average Bonchev–Trinajstić information content (AvgIpc) is 2.62. The van der Waals surface area contributed by atoms with Crippen LogP contribution in [0.3, 0.4) is 0 Å². The molecule has 18 heavy (non-hydrogen) atoms. The average molecular weight is 248 g/mol. The van der Waals surface area contributed by atoms with Gasteiger partial charge in [0.2, 0.25) is 0 Å². The van der Waals surface area contributed by atoms with Gasteiger partial charge in [-0.1, -0.05) is 12.5 Å². The fraction of sp³-hybridized carbons (Fsp3) is 0.467. The summed E-state index contributed by atoms with van der Waals surface area (Å²) in [5.74, 6) is 1.64. The van der Waals surface area contributed by atoms with Crippen LogP contribution in [0, 0.1) is 0 Å². The van der Waals surface area contributed by atoms with Crippen molar-refractivity contribution in [3.05, 3.63) is 29.8 Å². The molecule has 0 fully saturated rings. The van der Waals surface area contributed by atoms with Crippen molar-refractivity contribution in [1.82, 2.24) is 0 Å². The highest BCUT2D eigenvalue weighted by Crippen LogP contribution is 2.34. The minimum Gasteiger partial charge on any atom is -0.497 e. The maximum absolute atomic E-state index is 9.86. The third-order valence-electron chi connectivity index (χ3n) is 3.34. The molecular formula is C15H20O3. The van der Waals surface area contributed by atoms with Crippen molar-refractivity contribution in [2.45, 2.75) is 31.8 Å². The van der Waals surface area contributed by atoms with Gasteiger partial charge in [0.25, 0.3) is 0 Å². The molecule has 0 saturated heterocycles.